The van der Waals surface area contributed by atoms with Crippen molar-refractivity contribution >= 4 is 5.69 Å². The summed E-state index contributed by atoms with van der Waals surface area (Å²) in [4.78, 5) is 0. The van der Waals surface area contributed by atoms with Crippen molar-refractivity contribution in [3.63, 3.8) is 0 Å². The zero-order valence-corrected chi connectivity index (χ0v) is 11.8. The van der Waals surface area contributed by atoms with E-state index in [1.807, 2.05) is 6.07 Å². The van der Waals surface area contributed by atoms with Gasteiger partial charge in [0.15, 0.2) is 0 Å². The summed E-state index contributed by atoms with van der Waals surface area (Å²) in [5.74, 6) is 0. The van der Waals surface area contributed by atoms with Crippen LogP contribution in [0.1, 0.15) is 26.2 Å². The van der Waals surface area contributed by atoms with Gasteiger partial charge in [-0.2, -0.15) is 5.10 Å². The molecule has 4 nitrogen and oxygen atoms in total. The van der Waals surface area contributed by atoms with Crippen molar-refractivity contribution < 1.29 is 4.74 Å². The summed E-state index contributed by atoms with van der Waals surface area (Å²) >= 11 is 0. The highest BCUT2D eigenvalue weighted by Gasteiger charge is 2.20. The number of aromatic nitrogens is 2. The monoisotopic (exact) mass is 271 g/mol. The zero-order valence-electron chi connectivity index (χ0n) is 11.8. The number of nitrogens with zero attached hydrogens (tertiary/aromatic N) is 1. The highest BCUT2D eigenvalue weighted by Crippen LogP contribution is 2.23. The summed E-state index contributed by atoms with van der Waals surface area (Å²) in [5, 5.41) is 10.6. The fraction of sp³-hybridized carbons (Fsp3) is 0.438. The molecule has 1 aromatic carbocycles. The first-order valence-electron chi connectivity index (χ1n) is 7.33. The molecule has 0 saturated carbocycles. The molecule has 0 aliphatic carbocycles. The average molecular weight is 271 g/mol. The molecule has 0 bridgehead atoms. The van der Waals surface area contributed by atoms with E-state index in [1.54, 1.807) is 6.20 Å². The number of nitrogens with one attached hydrogen (secondary N) is 2. The Balaban J connectivity index is 1.63. The third kappa shape index (κ3) is 3.02. The van der Waals surface area contributed by atoms with Crippen molar-refractivity contribution in [2.24, 2.45) is 0 Å². The number of ether oxygens (including phenoxy) is 1. The number of hydrogen-bond donors (Lipinski definition) is 2. The highest BCUT2D eigenvalue weighted by molar-refractivity contribution is 5.62. The second kappa shape index (κ2) is 6.09. The smallest absolute Gasteiger partial charge is 0.0650 e. The molecular formula is C16H21N3O. The maximum absolute atomic E-state index is 5.71. The van der Waals surface area contributed by atoms with E-state index in [1.165, 1.54) is 5.69 Å². The first-order valence-corrected chi connectivity index (χ1v) is 7.33. The fourth-order valence-electron chi connectivity index (χ4n) is 2.69. The van der Waals surface area contributed by atoms with Gasteiger partial charge in [-0.3, -0.25) is 5.10 Å². The number of aromatic amines is 1. The molecule has 1 saturated heterocycles. The molecule has 1 aliphatic heterocycles. The first-order chi connectivity index (χ1) is 9.85. The molecule has 20 heavy (non-hydrogen) atoms. The first kappa shape index (κ1) is 13.2. The topological polar surface area (TPSA) is 49.9 Å². The molecule has 2 N–H and O–H groups in total. The molecule has 3 rings (SSSR count). The van der Waals surface area contributed by atoms with Crippen LogP contribution >= 0.6 is 0 Å². The van der Waals surface area contributed by atoms with Gasteiger partial charge in [-0.15, -0.1) is 0 Å². The van der Waals surface area contributed by atoms with Crippen molar-refractivity contribution in [1.29, 1.82) is 0 Å². The van der Waals surface area contributed by atoms with E-state index < -0.39 is 0 Å². The molecule has 0 radical (unpaired) electrons. The summed E-state index contributed by atoms with van der Waals surface area (Å²) in [6.07, 6.45) is 5.45. The molecule has 2 aromatic rings. The van der Waals surface area contributed by atoms with Gasteiger partial charge in [0.05, 0.1) is 11.8 Å². The lowest BCUT2D eigenvalue weighted by molar-refractivity contribution is 0.00926. The Labute approximate surface area is 119 Å². The van der Waals surface area contributed by atoms with Crippen molar-refractivity contribution in [1.82, 2.24) is 10.2 Å². The van der Waals surface area contributed by atoms with Crippen LogP contribution in [0, 0.1) is 0 Å². The molecule has 1 aromatic heterocycles. The largest absolute Gasteiger partial charge is 0.382 e. The van der Waals surface area contributed by atoms with Crippen molar-refractivity contribution in [3.05, 3.63) is 36.5 Å². The van der Waals surface area contributed by atoms with Crippen molar-refractivity contribution in [2.45, 2.75) is 38.3 Å². The van der Waals surface area contributed by atoms with E-state index in [9.17, 15) is 0 Å². The van der Waals surface area contributed by atoms with Gasteiger partial charge in [0.25, 0.3) is 0 Å². The van der Waals surface area contributed by atoms with Crippen LogP contribution in [-0.4, -0.2) is 29.0 Å². The van der Waals surface area contributed by atoms with Gasteiger partial charge in [-0.1, -0.05) is 19.1 Å². The van der Waals surface area contributed by atoms with Crippen LogP contribution in [0.4, 0.5) is 5.69 Å². The van der Waals surface area contributed by atoms with Crippen LogP contribution in [0.15, 0.2) is 36.5 Å². The summed E-state index contributed by atoms with van der Waals surface area (Å²) in [7, 11) is 0. The van der Waals surface area contributed by atoms with Gasteiger partial charge in [0, 0.05) is 24.5 Å². The minimum absolute atomic E-state index is 0.408. The average Bonchev–Trinajstić information content (AvgIpc) is 3.02. The second-order valence-electron chi connectivity index (χ2n) is 5.31. The minimum atomic E-state index is 0.408. The quantitative estimate of drug-likeness (QED) is 0.895. The lowest BCUT2D eigenvalue weighted by Gasteiger charge is -2.30. The van der Waals surface area contributed by atoms with Gasteiger partial charge >= 0.3 is 0 Å². The maximum atomic E-state index is 5.71. The van der Waals surface area contributed by atoms with Crippen LogP contribution in [0.5, 0.6) is 0 Å². The van der Waals surface area contributed by atoms with E-state index in [0.717, 1.165) is 37.1 Å². The van der Waals surface area contributed by atoms with Crippen LogP contribution in [0.25, 0.3) is 11.3 Å². The van der Waals surface area contributed by atoms with E-state index in [0.29, 0.717) is 12.1 Å². The summed E-state index contributed by atoms with van der Waals surface area (Å²) in [5.41, 5.74) is 3.38. The molecule has 0 amide bonds. The Morgan fingerprint density at radius 1 is 1.30 bits per heavy atom. The Kier molecular flexibility index (Phi) is 4.02. The Morgan fingerprint density at radius 3 is 2.85 bits per heavy atom. The van der Waals surface area contributed by atoms with Crippen LogP contribution in [-0.2, 0) is 4.74 Å². The molecule has 2 atom stereocenters. The maximum Gasteiger partial charge on any atom is 0.0650 e. The normalized spacial score (nSPS) is 22.6. The summed E-state index contributed by atoms with van der Waals surface area (Å²) in [6, 6.07) is 11.0. The highest BCUT2D eigenvalue weighted by atomic mass is 16.5. The van der Waals surface area contributed by atoms with Crippen LogP contribution in [0.3, 0.4) is 0 Å². The van der Waals surface area contributed by atoms with E-state index >= 15 is 0 Å². The Bertz CT molecular complexity index is 521. The van der Waals surface area contributed by atoms with Crippen LogP contribution < -0.4 is 5.32 Å². The molecule has 2 unspecified atom stereocenters. The molecule has 1 fully saturated rings. The predicted molar refractivity (Wildman–Crippen MR) is 80.7 cm³/mol. The van der Waals surface area contributed by atoms with Crippen LogP contribution in [0.2, 0.25) is 0 Å². The van der Waals surface area contributed by atoms with E-state index in [4.69, 9.17) is 4.74 Å². The number of anilines is 1. The number of rotatable bonds is 4. The molecule has 4 heteroatoms. The molecular weight excluding hydrogens is 250 g/mol. The van der Waals surface area contributed by atoms with Gasteiger partial charge in [0.1, 0.15) is 0 Å². The lowest BCUT2D eigenvalue weighted by atomic mass is 10.0. The summed E-state index contributed by atoms with van der Waals surface area (Å²) in [6.45, 7) is 3.05. The summed E-state index contributed by atoms with van der Waals surface area (Å²) < 4.78 is 5.71. The Morgan fingerprint density at radius 2 is 2.15 bits per heavy atom. The number of hydrogen-bond acceptors (Lipinski definition) is 3. The lowest BCUT2D eigenvalue weighted by Crippen LogP contribution is -2.33. The van der Waals surface area contributed by atoms with Gasteiger partial charge in [-0.25, -0.2) is 0 Å². The van der Waals surface area contributed by atoms with Crippen molar-refractivity contribution in [2.75, 3.05) is 11.9 Å². The molecule has 2 heterocycles. The second-order valence-corrected chi connectivity index (χ2v) is 5.31. The number of H-pyrrole nitrogens is 1. The Hall–Kier alpha value is -1.81. The van der Waals surface area contributed by atoms with Crippen molar-refractivity contribution in [3.8, 4) is 11.3 Å². The van der Waals surface area contributed by atoms with Gasteiger partial charge < -0.3 is 10.1 Å². The zero-order chi connectivity index (χ0) is 13.8. The molecule has 1 aliphatic rings. The molecule has 0 spiro atoms. The van der Waals surface area contributed by atoms with Gasteiger partial charge in [-0.05, 0) is 43.0 Å². The predicted octanol–water partition coefficient (Wildman–Crippen LogP) is 3.45. The van der Waals surface area contributed by atoms with Gasteiger partial charge in [0.2, 0.25) is 0 Å². The van der Waals surface area contributed by atoms with E-state index in [2.05, 4.69) is 46.7 Å². The molecule has 106 valence electrons. The third-order valence-corrected chi connectivity index (χ3v) is 3.89. The fourth-order valence-corrected chi connectivity index (χ4v) is 2.69. The standard InChI is InChI=1S/C16H21N3O/c1-2-15-11-14(8-10-20-15)18-13-5-3-12(4-6-13)16-7-9-17-19-16/h3-7,9,14-15,18H,2,8,10-11H2,1H3,(H,17,19). The van der Waals surface area contributed by atoms with E-state index in [-0.39, 0.29) is 0 Å². The minimum Gasteiger partial charge on any atom is -0.382 e. The third-order valence-electron chi connectivity index (χ3n) is 3.89. The number of benzene rings is 1. The SMILES string of the molecule is CCC1CC(Nc2ccc(-c3ccn[nH]3)cc2)CCO1.